The monoisotopic (exact) mass is 412 g/mol. The predicted octanol–water partition coefficient (Wildman–Crippen LogP) is 6.75. The summed E-state index contributed by atoms with van der Waals surface area (Å²) in [5, 5.41) is 0. The number of para-hydroxylation sites is 1. The number of rotatable bonds is 2. The lowest BCUT2D eigenvalue weighted by Crippen LogP contribution is -2.33. The predicted molar refractivity (Wildman–Crippen MR) is 111 cm³/mol. The van der Waals surface area contributed by atoms with Crippen molar-refractivity contribution in [3.8, 4) is 5.75 Å². The van der Waals surface area contributed by atoms with Gasteiger partial charge in [0.15, 0.2) is 9.93 Å². The molecule has 0 aromatic heterocycles. The molecule has 3 aromatic carbocycles. The van der Waals surface area contributed by atoms with Crippen LogP contribution in [0.5, 0.6) is 5.75 Å². The van der Waals surface area contributed by atoms with E-state index in [-0.39, 0.29) is 11.7 Å². The number of ether oxygens (including phenoxy) is 1. The van der Waals surface area contributed by atoms with Gasteiger partial charge in [-0.2, -0.15) is 0 Å². The van der Waals surface area contributed by atoms with Gasteiger partial charge in [-0.25, -0.2) is 4.39 Å². The molecule has 142 valence electrons. The van der Waals surface area contributed by atoms with Gasteiger partial charge in [-0.1, -0.05) is 90.3 Å². The van der Waals surface area contributed by atoms with Crippen molar-refractivity contribution in [2.75, 3.05) is 0 Å². The molecule has 1 aliphatic heterocycles. The SMILES string of the molecule is Cc1ccc([C@@]23Oc4ccccc4[C@@H](c4ccc(F)cc4)[C@@]2(C)C3(Cl)Cl)cc1. The summed E-state index contributed by atoms with van der Waals surface area (Å²) < 4.78 is 19.0. The van der Waals surface area contributed by atoms with Crippen LogP contribution in [0.4, 0.5) is 4.39 Å². The Bertz CT molecular complexity index is 1060. The minimum atomic E-state index is -1.15. The molecule has 0 saturated heterocycles. The first-order chi connectivity index (χ1) is 13.3. The average Bonchev–Trinajstić information content (AvgIpc) is 3.09. The Balaban J connectivity index is 1.77. The average molecular weight is 413 g/mol. The molecule has 1 aliphatic carbocycles. The van der Waals surface area contributed by atoms with Crippen molar-refractivity contribution in [1.29, 1.82) is 0 Å². The van der Waals surface area contributed by atoms with Crippen LogP contribution >= 0.6 is 23.2 Å². The smallest absolute Gasteiger partial charge is 0.177 e. The molecule has 5 rings (SSSR count). The van der Waals surface area contributed by atoms with E-state index in [9.17, 15) is 4.39 Å². The van der Waals surface area contributed by atoms with Gasteiger partial charge >= 0.3 is 0 Å². The number of fused-ring (bicyclic) bond motifs is 2. The van der Waals surface area contributed by atoms with Crippen LogP contribution in [0, 0.1) is 18.2 Å². The Morgan fingerprint density at radius 2 is 1.54 bits per heavy atom. The molecule has 3 aromatic rings. The Morgan fingerprint density at radius 3 is 2.21 bits per heavy atom. The van der Waals surface area contributed by atoms with E-state index >= 15 is 0 Å². The molecule has 4 heteroatoms. The topological polar surface area (TPSA) is 9.23 Å². The fraction of sp³-hybridized carbons (Fsp3) is 0.250. The number of aryl methyl sites for hydroxylation is 1. The summed E-state index contributed by atoms with van der Waals surface area (Å²) in [5.41, 5.74) is 2.59. The van der Waals surface area contributed by atoms with E-state index in [0.29, 0.717) is 0 Å². The molecule has 0 spiro atoms. The Morgan fingerprint density at radius 1 is 0.893 bits per heavy atom. The van der Waals surface area contributed by atoms with Crippen molar-refractivity contribution < 1.29 is 9.13 Å². The van der Waals surface area contributed by atoms with Crippen molar-refractivity contribution in [1.82, 2.24) is 0 Å². The molecule has 0 N–H and O–H groups in total. The zero-order chi connectivity index (χ0) is 19.7. The van der Waals surface area contributed by atoms with E-state index in [1.54, 1.807) is 0 Å². The fourth-order valence-corrected chi connectivity index (χ4v) is 6.03. The van der Waals surface area contributed by atoms with Crippen molar-refractivity contribution in [2.45, 2.75) is 29.7 Å². The maximum Gasteiger partial charge on any atom is 0.177 e. The summed E-state index contributed by atoms with van der Waals surface area (Å²) in [6.45, 7) is 4.11. The highest BCUT2D eigenvalue weighted by molar-refractivity contribution is 6.53. The van der Waals surface area contributed by atoms with Crippen molar-refractivity contribution >= 4 is 23.2 Å². The summed E-state index contributed by atoms with van der Waals surface area (Å²) in [5.74, 6) is 0.366. The second kappa shape index (κ2) is 5.75. The zero-order valence-corrected chi connectivity index (χ0v) is 17.1. The molecule has 0 radical (unpaired) electrons. The lowest BCUT2D eigenvalue weighted by atomic mass is 9.74. The Hall–Kier alpha value is -2.03. The maximum absolute atomic E-state index is 13.6. The second-order valence-corrected chi connectivity index (χ2v) is 9.28. The van der Waals surface area contributed by atoms with Gasteiger partial charge in [0.1, 0.15) is 11.6 Å². The molecule has 1 saturated carbocycles. The lowest BCUT2D eigenvalue weighted by molar-refractivity contribution is 0.102. The van der Waals surface area contributed by atoms with Crippen LogP contribution in [-0.2, 0) is 5.60 Å². The van der Waals surface area contributed by atoms with Gasteiger partial charge in [0.25, 0.3) is 0 Å². The summed E-state index contributed by atoms with van der Waals surface area (Å²) >= 11 is 14.0. The Labute approximate surface area is 174 Å². The van der Waals surface area contributed by atoms with Crippen LogP contribution in [0.2, 0.25) is 0 Å². The lowest BCUT2D eigenvalue weighted by Gasteiger charge is -2.36. The molecule has 3 atom stereocenters. The van der Waals surface area contributed by atoms with E-state index < -0.39 is 15.3 Å². The molecule has 1 fully saturated rings. The van der Waals surface area contributed by atoms with E-state index in [4.69, 9.17) is 27.9 Å². The van der Waals surface area contributed by atoms with Crippen molar-refractivity contribution in [3.63, 3.8) is 0 Å². The third-order valence-electron chi connectivity index (χ3n) is 6.50. The first-order valence-electron chi connectivity index (χ1n) is 9.31. The molecule has 0 amide bonds. The fourth-order valence-electron chi connectivity index (χ4n) is 4.96. The van der Waals surface area contributed by atoms with Crippen molar-refractivity contribution in [3.05, 3.63) is 101 Å². The first kappa shape index (κ1) is 18.0. The van der Waals surface area contributed by atoms with Gasteiger partial charge in [0, 0.05) is 11.5 Å². The third-order valence-corrected chi connectivity index (χ3v) is 7.81. The highest BCUT2D eigenvalue weighted by Gasteiger charge is 2.91. The standard InChI is InChI=1S/C24H19Cl2FO/c1-15-7-11-17(12-8-15)23-22(2,24(23,25)26)21(16-9-13-18(27)14-10-16)19-5-3-4-6-20(19)28-23/h3-14,21H,1-2H3/t21-,22-,23-/m1/s1. The van der Waals surface area contributed by atoms with E-state index in [2.05, 4.69) is 6.92 Å². The summed E-state index contributed by atoms with van der Waals surface area (Å²) in [4.78, 5) is 0. The van der Waals surface area contributed by atoms with Gasteiger partial charge in [-0.3, -0.25) is 0 Å². The zero-order valence-electron chi connectivity index (χ0n) is 15.5. The highest BCUT2D eigenvalue weighted by atomic mass is 35.5. The van der Waals surface area contributed by atoms with Gasteiger partial charge < -0.3 is 4.74 Å². The summed E-state index contributed by atoms with van der Waals surface area (Å²) in [7, 11) is 0. The molecule has 1 nitrogen and oxygen atoms in total. The number of alkyl halides is 2. The van der Waals surface area contributed by atoms with E-state index in [0.717, 1.165) is 28.0 Å². The van der Waals surface area contributed by atoms with Crippen LogP contribution in [0.1, 0.15) is 35.1 Å². The highest BCUT2D eigenvalue weighted by Crippen LogP contribution is 2.85. The van der Waals surface area contributed by atoms with Crippen LogP contribution in [0.3, 0.4) is 0 Å². The molecule has 28 heavy (non-hydrogen) atoms. The molecule has 0 unspecified atom stereocenters. The van der Waals surface area contributed by atoms with Gasteiger partial charge in [-0.15, -0.1) is 0 Å². The number of benzene rings is 3. The minimum absolute atomic E-state index is 0.130. The molecule has 2 aliphatic rings. The van der Waals surface area contributed by atoms with E-state index in [1.807, 2.05) is 67.6 Å². The maximum atomic E-state index is 13.6. The number of hydrogen-bond acceptors (Lipinski definition) is 1. The third kappa shape index (κ3) is 2.03. The second-order valence-electron chi connectivity index (χ2n) is 7.95. The van der Waals surface area contributed by atoms with Gasteiger partial charge in [0.05, 0.1) is 5.41 Å². The molecular weight excluding hydrogens is 394 g/mol. The van der Waals surface area contributed by atoms with Crippen molar-refractivity contribution in [2.24, 2.45) is 5.41 Å². The summed E-state index contributed by atoms with van der Waals surface area (Å²) in [6, 6.07) is 22.7. The van der Waals surface area contributed by atoms with Crippen LogP contribution in [0.25, 0.3) is 0 Å². The molecule has 0 bridgehead atoms. The first-order valence-corrected chi connectivity index (χ1v) is 10.1. The molecular formula is C24H19Cl2FO. The molecule has 1 heterocycles. The quantitative estimate of drug-likeness (QED) is 0.423. The van der Waals surface area contributed by atoms with Crippen LogP contribution in [0.15, 0.2) is 72.8 Å². The number of halogens is 3. The van der Waals surface area contributed by atoms with Crippen LogP contribution < -0.4 is 4.74 Å². The van der Waals surface area contributed by atoms with E-state index in [1.165, 1.54) is 12.1 Å². The van der Waals surface area contributed by atoms with Gasteiger partial charge in [-0.05, 0) is 36.2 Å². The minimum Gasteiger partial charge on any atom is -0.478 e. The normalized spacial score (nSPS) is 29.4. The number of hydrogen-bond donors (Lipinski definition) is 0. The van der Waals surface area contributed by atoms with Gasteiger partial charge in [0.2, 0.25) is 0 Å². The summed E-state index contributed by atoms with van der Waals surface area (Å²) in [6.07, 6.45) is 0. The van der Waals surface area contributed by atoms with Crippen LogP contribution in [-0.4, -0.2) is 4.33 Å². The largest absolute Gasteiger partial charge is 0.478 e. The Kier molecular flexibility index (Phi) is 3.70.